The first-order valence-corrected chi connectivity index (χ1v) is 5.83. The summed E-state index contributed by atoms with van der Waals surface area (Å²) in [5.41, 5.74) is 0.964. The van der Waals surface area contributed by atoms with Gasteiger partial charge in [0.15, 0.2) is 0 Å². The smallest absolute Gasteiger partial charge is 0.134 e. The number of nitrogens with one attached hydrogen (secondary N) is 1. The topological polar surface area (TPSA) is 45.4 Å². The van der Waals surface area contributed by atoms with Crippen molar-refractivity contribution < 1.29 is 21.9 Å². The third-order valence-electron chi connectivity index (χ3n) is 2.36. The first-order valence-electron chi connectivity index (χ1n) is 5.46. The van der Waals surface area contributed by atoms with Crippen LogP contribution in [0.1, 0.15) is 5.76 Å². The molecule has 0 aliphatic rings. The molecule has 3 nitrogen and oxygen atoms in total. The lowest BCUT2D eigenvalue weighted by atomic mass is 10.2. The van der Waals surface area contributed by atoms with Crippen LogP contribution in [0.4, 0.5) is 0 Å². The summed E-state index contributed by atoms with van der Waals surface area (Å²) in [6.07, 6.45) is 0. The average Bonchev–Trinajstić information content (AvgIpc) is 2.78. The Bertz CT molecular complexity index is 485. The van der Waals surface area contributed by atoms with Gasteiger partial charge in [0.05, 0.1) is 13.2 Å². The first kappa shape index (κ1) is 15.1. The molecule has 0 saturated heterocycles. The fourth-order valence-electron chi connectivity index (χ4n) is 1.56. The summed E-state index contributed by atoms with van der Waals surface area (Å²) in [5, 5.41) is 12.4. The molecular weight excluding hydrogens is 273 g/mol. The molecule has 0 unspecified atom stereocenters. The number of rotatable bonds is 5. The van der Waals surface area contributed by atoms with Crippen LogP contribution in [0.3, 0.4) is 0 Å². The summed E-state index contributed by atoms with van der Waals surface area (Å²) in [6.45, 7) is 1.30. The largest absolute Gasteiger partial charge is 1.00 e. The molecule has 5 heteroatoms. The van der Waals surface area contributed by atoms with Crippen LogP contribution in [0.5, 0.6) is 0 Å². The van der Waals surface area contributed by atoms with E-state index < -0.39 is 0 Å². The fraction of sp³-hybridized carbons (Fsp3) is 0.231. The Morgan fingerprint density at radius 1 is 1.22 bits per heavy atom. The number of hydrogen-bond acceptors (Lipinski definition) is 3. The van der Waals surface area contributed by atoms with E-state index in [0.29, 0.717) is 18.1 Å². The molecule has 1 aromatic carbocycles. The quantitative estimate of drug-likeness (QED) is 0.741. The molecule has 2 aromatic rings. The van der Waals surface area contributed by atoms with Gasteiger partial charge in [-0.25, -0.2) is 0 Å². The van der Waals surface area contributed by atoms with Crippen LogP contribution in [0.25, 0.3) is 11.3 Å². The predicted molar refractivity (Wildman–Crippen MR) is 67.9 cm³/mol. The van der Waals surface area contributed by atoms with Crippen LogP contribution in [0.2, 0.25) is 5.02 Å². The Morgan fingerprint density at radius 2 is 2.06 bits per heavy atom. The van der Waals surface area contributed by atoms with Crippen LogP contribution in [-0.4, -0.2) is 18.3 Å². The van der Waals surface area contributed by atoms with Gasteiger partial charge in [0, 0.05) is 17.1 Å². The van der Waals surface area contributed by atoms with Crippen LogP contribution in [-0.2, 0) is 6.54 Å². The van der Waals surface area contributed by atoms with Crippen molar-refractivity contribution in [1.82, 2.24) is 5.32 Å². The molecule has 0 saturated carbocycles. The standard InChI is InChI=1S/C13H14ClNO2.ClH/c14-11-3-1-2-10(8-11)13-5-4-12(17-13)9-15-6-7-16;/h1-5,8,15-16H,6-7,9H2;1H/p-1. The lowest BCUT2D eigenvalue weighted by Crippen LogP contribution is -3.00. The Balaban J connectivity index is 0.00000162. The minimum atomic E-state index is 0. The number of aliphatic hydroxyl groups excluding tert-OH is 1. The minimum absolute atomic E-state index is 0. The van der Waals surface area contributed by atoms with Crippen molar-refractivity contribution in [2.75, 3.05) is 13.2 Å². The highest BCUT2D eigenvalue weighted by Gasteiger charge is 2.04. The van der Waals surface area contributed by atoms with Crippen molar-refractivity contribution in [2.45, 2.75) is 6.54 Å². The molecule has 0 aliphatic heterocycles. The number of aliphatic hydroxyl groups is 1. The highest BCUT2D eigenvalue weighted by Crippen LogP contribution is 2.24. The summed E-state index contributed by atoms with van der Waals surface area (Å²) in [5.74, 6) is 1.64. The maximum absolute atomic E-state index is 8.65. The summed E-state index contributed by atoms with van der Waals surface area (Å²) >= 11 is 5.92. The van der Waals surface area contributed by atoms with Crippen molar-refractivity contribution in [3.05, 3.63) is 47.2 Å². The van der Waals surface area contributed by atoms with Gasteiger partial charge in [-0.3, -0.25) is 0 Å². The summed E-state index contributed by atoms with van der Waals surface area (Å²) in [4.78, 5) is 0. The molecule has 0 bridgehead atoms. The van der Waals surface area contributed by atoms with E-state index in [1.165, 1.54) is 0 Å². The molecular formula is C13H14Cl2NO2-. The van der Waals surface area contributed by atoms with Crippen LogP contribution in [0.15, 0.2) is 40.8 Å². The molecule has 0 radical (unpaired) electrons. The highest BCUT2D eigenvalue weighted by molar-refractivity contribution is 6.30. The third kappa shape index (κ3) is 4.03. The van der Waals surface area contributed by atoms with Crippen LogP contribution >= 0.6 is 11.6 Å². The molecule has 0 atom stereocenters. The molecule has 0 fully saturated rings. The molecule has 2 N–H and O–H groups in total. The Hall–Kier alpha value is -1.000. The highest BCUT2D eigenvalue weighted by atomic mass is 35.5. The lowest BCUT2D eigenvalue weighted by Gasteiger charge is -2.00. The summed E-state index contributed by atoms with van der Waals surface area (Å²) < 4.78 is 5.67. The van der Waals surface area contributed by atoms with Gasteiger partial charge in [-0.15, -0.1) is 0 Å². The van der Waals surface area contributed by atoms with E-state index in [0.717, 1.165) is 17.1 Å². The van der Waals surface area contributed by atoms with Gasteiger partial charge in [0.25, 0.3) is 0 Å². The Labute approximate surface area is 117 Å². The lowest BCUT2D eigenvalue weighted by molar-refractivity contribution is -0.00000501. The number of hydrogen-bond donors (Lipinski definition) is 2. The normalized spacial score (nSPS) is 10.1. The van der Waals surface area contributed by atoms with E-state index in [9.17, 15) is 0 Å². The van der Waals surface area contributed by atoms with Gasteiger partial charge in [0.2, 0.25) is 0 Å². The zero-order chi connectivity index (χ0) is 12.1. The first-order chi connectivity index (χ1) is 8.29. The summed E-state index contributed by atoms with van der Waals surface area (Å²) in [7, 11) is 0. The SMILES string of the molecule is OCCNCc1ccc(-c2cccc(Cl)c2)o1.[Cl-]. The zero-order valence-corrected chi connectivity index (χ0v) is 11.2. The molecule has 0 amide bonds. The predicted octanol–water partition coefficient (Wildman–Crippen LogP) is -0.314. The van der Waals surface area contributed by atoms with E-state index in [4.69, 9.17) is 21.1 Å². The zero-order valence-electron chi connectivity index (χ0n) is 9.70. The maximum atomic E-state index is 8.65. The average molecular weight is 287 g/mol. The maximum Gasteiger partial charge on any atom is 0.134 e. The Kier molecular flexibility index (Phi) is 6.22. The number of furan rings is 1. The molecule has 1 heterocycles. The molecule has 2 rings (SSSR count). The van der Waals surface area contributed by atoms with E-state index in [1.54, 1.807) is 0 Å². The van der Waals surface area contributed by atoms with Crippen molar-refractivity contribution >= 4 is 11.6 Å². The van der Waals surface area contributed by atoms with Gasteiger partial charge in [0.1, 0.15) is 11.5 Å². The van der Waals surface area contributed by atoms with Gasteiger partial charge in [-0.1, -0.05) is 23.7 Å². The van der Waals surface area contributed by atoms with Crippen molar-refractivity contribution in [3.63, 3.8) is 0 Å². The number of benzene rings is 1. The van der Waals surface area contributed by atoms with Crippen LogP contribution < -0.4 is 17.7 Å². The van der Waals surface area contributed by atoms with Crippen molar-refractivity contribution in [3.8, 4) is 11.3 Å². The second-order valence-electron chi connectivity index (χ2n) is 3.68. The van der Waals surface area contributed by atoms with E-state index in [2.05, 4.69) is 5.32 Å². The van der Waals surface area contributed by atoms with E-state index in [-0.39, 0.29) is 19.0 Å². The van der Waals surface area contributed by atoms with Gasteiger partial charge in [-0.05, 0) is 24.3 Å². The molecule has 0 spiro atoms. The summed E-state index contributed by atoms with van der Waals surface area (Å²) in [6, 6.07) is 11.4. The van der Waals surface area contributed by atoms with Gasteiger partial charge in [-0.2, -0.15) is 0 Å². The third-order valence-corrected chi connectivity index (χ3v) is 2.59. The van der Waals surface area contributed by atoms with Crippen molar-refractivity contribution in [2.24, 2.45) is 0 Å². The Morgan fingerprint density at radius 3 is 2.78 bits per heavy atom. The molecule has 0 aliphatic carbocycles. The minimum Gasteiger partial charge on any atom is -1.00 e. The van der Waals surface area contributed by atoms with E-state index >= 15 is 0 Å². The van der Waals surface area contributed by atoms with E-state index in [1.807, 2.05) is 36.4 Å². The fourth-order valence-corrected chi connectivity index (χ4v) is 1.75. The van der Waals surface area contributed by atoms with Crippen molar-refractivity contribution in [1.29, 1.82) is 0 Å². The molecule has 98 valence electrons. The molecule has 1 aromatic heterocycles. The second-order valence-corrected chi connectivity index (χ2v) is 4.11. The van der Waals surface area contributed by atoms with Gasteiger partial charge >= 0.3 is 0 Å². The van der Waals surface area contributed by atoms with Gasteiger partial charge < -0.3 is 27.2 Å². The number of halogens is 2. The monoisotopic (exact) mass is 286 g/mol. The second kappa shape index (κ2) is 7.44. The molecule has 18 heavy (non-hydrogen) atoms. The van der Waals surface area contributed by atoms with Crippen LogP contribution in [0, 0.1) is 0 Å².